The summed E-state index contributed by atoms with van der Waals surface area (Å²) in [5, 5.41) is 3.40. The van der Waals surface area contributed by atoms with Crippen molar-refractivity contribution in [3.63, 3.8) is 0 Å². The first-order valence-corrected chi connectivity index (χ1v) is 7.40. The standard InChI is InChI=1S/C12H18BrNOS/c1-9-6-11(16-12(9)13)7-14-4-5-15-8-10-2-3-10/h6,10,14H,2-5,7-8H2,1H3. The van der Waals surface area contributed by atoms with Gasteiger partial charge in [-0.15, -0.1) is 11.3 Å². The van der Waals surface area contributed by atoms with Gasteiger partial charge in [0.25, 0.3) is 0 Å². The zero-order valence-corrected chi connectivity index (χ0v) is 12.0. The molecule has 1 aromatic rings. The van der Waals surface area contributed by atoms with Gasteiger partial charge in [0.15, 0.2) is 0 Å². The van der Waals surface area contributed by atoms with Crippen molar-refractivity contribution in [3.05, 3.63) is 20.3 Å². The van der Waals surface area contributed by atoms with Crippen LogP contribution in [0.25, 0.3) is 0 Å². The van der Waals surface area contributed by atoms with Crippen molar-refractivity contribution >= 4 is 27.3 Å². The quantitative estimate of drug-likeness (QED) is 0.780. The summed E-state index contributed by atoms with van der Waals surface area (Å²) in [7, 11) is 0. The number of halogens is 1. The van der Waals surface area contributed by atoms with E-state index in [1.165, 1.54) is 27.1 Å². The molecule has 0 aliphatic heterocycles. The van der Waals surface area contributed by atoms with Gasteiger partial charge in [-0.1, -0.05) is 0 Å². The second kappa shape index (κ2) is 6.15. The first-order valence-electron chi connectivity index (χ1n) is 5.79. The number of thiophene rings is 1. The van der Waals surface area contributed by atoms with Crippen LogP contribution in [-0.2, 0) is 11.3 Å². The highest BCUT2D eigenvalue weighted by Crippen LogP contribution is 2.28. The van der Waals surface area contributed by atoms with E-state index in [1.807, 2.05) is 0 Å². The van der Waals surface area contributed by atoms with Crippen LogP contribution in [0.4, 0.5) is 0 Å². The predicted octanol–water partition coefficient (Wildman–Crippen LogP) is 3.34. The maximum Gasteiger partial charge on any atom is 0.0730 e. The highest BCUT2D eigenvalue weighted by molar-refractivity contribution is 9.11. The van der Waals surface area contributed by atoms with E-state index >= 15 is 0 Å². The Morgan fingerprint density at radius 1 is 1.56 bits per heavy atom. The van der Waals surface area contributed by atoms with Crippen LogP contribution >= 0.6 is 27.3 Å². The van der Waals surface area contributed by atoms with Crippen molar-refractivity contribution in [1.29, 1.82) is 0 Å². The highest BCUT2D eigenvalue weighted by Gasteiger charge is 2.20. The van der Waals surface area contributed by atoms with Crippen LogP contribution in [0.1, 0.15) is 23.3 Å². The summed E-state index contributed by atoms with van der Waals surface area (Å²) < 4.78 is 6.80. The molecular formula is C12H18BrNOS. The minimum atomic E-state index is 0.835. The molecule has 1 aliphatic carbocycles. The maximum absolute atomic E-state index is 5.56. The zero-order chi connectivity index (χ0) is 11.4. The maximum atomic E-state index is 5.56. The number of nitrogens with one attached hydrogen (secondary N) is 1. The van der Waals surface area contributed by atoms with E-state index < -0.39 is 0 Å². The fourth-order valence-corrected chi connectivity index (χ4v) is 3.10. The molecule has 90 valence electrons. The third-order valence-electron chi connectivity index (χ3n) is 2.68. The number of ether oxygens (including phenoxy) is 1. The van der Waals surface area contributed by atoms with Gasteiger partial charge in [-0.3, -0.25) is 0 Å². The molecule has 4 heteroatoms. The van der Waals surface area contributed by atoms with E-state index in [9.17, 15) is 0 Å². The van der Waals surface area contributed by atoms with Crippen molar-refractivity contribution in [1.82, 2.24) is 5.32 Å². The van der Waals surface area contributed by atoms with Crippen LogP contribution in [0, 0.1) is 12.8 Å². The topological polar surface area (TPSA) is 21.3 Å². The molecule has 0 atom stereocenters. The van der Waals surface area contributed by atoms with Gasteiger partial charge in [-0.25, -0.2) is 0 Å². The Kier molecular flexibility index (Phi) is 4.82. The molecule has 2 rings (SSSR count). The van der Waals surface area contributed by atoms with Crippen LogP contribution in [-0.4, -0.2) is 19.8 Å². The Bertz CT molecular complexity index is 316. The van der Waals surface area contributed by atoms with Crippen molar-refractivity contribution in [2.45, 2.75) is 26.3 Å². The molecule has 1 saturated carbocycles. The molecule has 0 spiro atoms. The monoisotopic (exact) mass is 303 g/mol. The summed E-state index contributed by atoms with van der Waals surface area (Å²) >= 11 is 5.35. The molecule has 1 heterocycles. The third kappa shape index (κ3) is 4.17. The van der Waals surface area contributed by atoms with E-state index in [1.54, 1.807) is 11.3 Å². The molecule has 1 N–H and O–H groups in total. The Hall–Kier alpha value is 0.100. The lowest BCUT2D eigenvalue weighted by molar-refractivity contribution is 0.126. The fraction of sp³-hybridized carbons (Fsp3) is 0.667. The first-order chi connectivity index (χ1) is 7.75. The van der Waals surface area contributed by atoms with Crippen molar-refractivity contribution < 1.29 is 4.74 Å². The summed E-state index contributed by atoms with van der Waals surface area (Å²) in [4.78, 5) is 1.38. The lowest BCUT2D eigenvalue weighted by Gasteiger charge is -2.04. The number of hydrogen-bond donors (Lipinski definition) is 1. The van der Waals surface area contributed by atoms with Gasteiger partial charge < -0.3 is 10.1 Å². The summed E-state index contributed by atoms with van der Waals surface area (Å²) in [6, 6.07) is 2.23. The Balaban J connectivity index is 1.53. The lowest BCUT2D eigenvalue weighted by Crippen LogP contribution is -2.19. The van der Waals surface area contributed by atoms with Crippen molar-refractivity contribution in [2.24, 2.45) is 5.92 Å². The minimum absolute atomic E-state index is 0.835. The third-order valence-corrected chi connectivity index (χ3v) is 4.82. The highest BCUT2D eigenvalue weighted by atomic mass is 79.9. The molecule has 0 amide bonds. The van der Waals surface area contributed by atoms with Crippen LogP contribution in [0.15, 0.2) is 9.85 Å². The molecule has 0 saturated heterocycles. The minimum Gasteiger partial charge on any atom is -0.380 e. The Labute approximate surface area is 110 Å². The molecule has 0 radical (unpaired) electrons. The predicted molar refractivity (Wildman–Crippen MR) is 72.0 cm³/mol. The van der Waals surface area contributed by atoms with Crippen LogP contribution in [0.5, 0.6) is 0 Å². The fourth-order valence-electron chi connectivity index (χ4n) is 1.50. The van der Waals surface area contributed by atoms with E-state index in [-0.39, 0.29) is 0 Å². The normalized spacial score (nSPS) is 15.6. The van der Waals surface area contributed by atoms with Crippen LogP contribution in [0.2, 0.25) is 0 Å². The second-order valence-electron chi connectivity index (χ2n) is 4.36. The molecule has 1 aliphatic rings. The molecule has 0 aromatic carbocycles. The Morgan fingerprint density at radius 3 is 3.00 bits per heavy atom. The van der Waals surface area contributed by atoms with Gasteiger partial charge in [0, 0.05) is 24.6 Å². The van der Waals surface area contributed by atoms with E-state index in [0.29, 0.717) is 0 Å². The average molecular weight is 304 g/mol. The first kappa shape index (κ1) is 12.6. The summed E-state index contributed by atoms with van der Waals surface area (Å²) in [5.41, 5.74) is 1.33. The van der Waals surface area contributed by atoms with E-state index in [0.717, 1.165) is 32.2 Å². The van der Waals surface area contributed by atoms with Gasteiger partial charge in [0.2, 0.25) is 0 Å². The SMILES string of the molecule is Cc1cc(CNCCOCC2CC2)sc1Br. The zero-order valence-electron chi connectivity index (χ0n) is 9.59. The second-order valence-corrected chi connectivity index (χ2v) is 6.82. The number of rotatable bonds is 7. The van der Waals surface area contributed by atoms with Crippen molar-refractivity contribution in [3.8, 4) is 0 Å². The van der Waals surface area contributed by atoms with Crippen LogP contribution in [0.3, 0.4) is 0 Å². The van der Waals surface area contributed by atoms with Gasteiger partial charge >= 0.3 is 0 Å². The molecule has 16 heavy (non-hydrogen) atoms. The molecular weight excluding hydrogens is 286 g/mol. The smallest absolute Gasteiger partial charge is 0.0730 e. The van der Waals surface area contributed by atoms with Gasteiger partial charge in [-0.2, -0.15) is 0 Å². The number of hydrogen-bond acceptors (Lipinski definition) is 3. The average Bonchev–Trinajstić information content (AvgIpc) is 3.01. The molecule has 1 aromatic heterocycles. The van der Waals surface area contributed by atoms with E-state index in [2.05, 4.69) is 34.2 Å². The Morgan fingerprint density at radius 2 is 2.38 bits per heavy atom. The largest absolute Gasteiger partial charge is 0.380 e. The summed E-state index contributed by atoms with van der Waals surface area (Å²) in [6.07, 6.45) is 2.74. The molecule has 1 fully saturated rings. The number of aryl methyl sites for hydroxylation is 1. The van der Waals surface area contributed by atoms with Crippen LogP contribution < -0.4 is 5.32 Å². The van der Waals surface area contributed by atoms with Gasteiger partial charge in [0.05, 0.1) is 10.4 Å². The van der Waals surface area contributed by atoms with Crippen molar-refractivity contribution in [2.75, 3.05) is 19.8 Å². The summed E-state index contributed by atoms with van der Waals surface area (Å²) in [5.74, 6) is 0.871. The molecule has 0 unspecified atom stereocenters. The summed E-state index contributed by atoms with van der Waals surface area (Å²) in [6.45, 7) is 5.82. The van der Waals surface area contributed by atoms with Gasteiger partial charge in [0.1, 0.15) is 0 Å². The molecule has 2 nitrogen and oxygen atoms in total. The van der Waals surface area contributed by atoms with Gasteiger partial charge in [-0.05, 0) is 53.2 Å². The van der Waals surface area contributed by atoms with E-state index in [4.69, 9.17) is 4.74 Å². The lowest BCUT2D eigenvalue weighted by atomic mass is 10.3. The molecule has 0 bridgehead atoms.